The molecule has 0 saturated carbocycles. The zero-order chi connectivity index (χ0) is 47.2. The summed E-state index contributed by atoms with van der Waals surface area (Å²) in [5, 5.41) is 0. The highest BCUT2D eigenvalue weighted by Gasteiger charge is 2.19. The molecule has 0 rings (SSSR count). The Balaban J connectivity index is 4.48. The molecule has 0 N–H and O–H groups in total. The van der Waals surface area contributed by atoms with Crippen molar-refractivity contribution in [2.45, 2.75) is 271 Å². The van der Waals surface area contributed by atoms with E-state index in [1.54, 1.807) is 0 Å². The van der Waals surface area contributed by atoms with E-state index in [0.717, 1.165) is 89.9 Å². The average molecular weight is 907 g/mol. The van der Waals surface area contributed by atoms with Gasteiger partial charge in [0.15, 0.2) is 6.10 Å². The van der Waals surface area contributed by atoms with Crippen molar-refractivity contribution in [3.63, 3.8) is 0 Å². The van der Waals surface area contributed by atoms with E-state index in [9.17, 15) is 14.4 Å². The van der Waals surface area contributed by atoms with Crippen molar-refractivity contribution in [1.29, 1.82) is 0 Å². The van der Waals surface area contributed by atoms with Crippen LogP contribution in [-0.4, -0.2) is 37.2 Å². The molecule has 0 radical (unpaired) electrons. The number of hydrogen-bond donors (Lipinski definition) is 0. The molecular weight excluding hydrogens is 805 g/mol. The minimum Gasteiger partial charge on any atom is -0.462 e. The molecule has 374 valence electrons. The maximum atomic E-state index is 12.8. The minimum atomic E-state index is -0.811. The van der Waals surface area contributed by atoms with Crippen LogP contribution in [0.5, 0.6) is 0 Å². The summed E-state index contributed by atoms with van der Waals surface area (Å²) in [5.74, 6) is -0.978. The van der Waals surface area contributed by atoms with Gasteiger partial charge >= 0.3 is 17.9 Å². The Morgan fingerprint density at radius 3 is 1.05 bits per heavy atom. The van der Waals surface area contributed by atoms with E-state index < -0.39 is 6.10 Å². The van der Waals surface area contributed by atoms with E-state index >= 15 is 0 Å². The lowest BCUT2D eigenvalue weighted by molar-refractivity contribution is -0.167. The Hall–Kier alpha value is -3.15. The van der Waals surface area contributed by atoms with Gasteiger partial charge in [0.05, 0.1) is 0 Å². The summed E-state index contributed by atoms with van der Waals surface area (Å²) < 4.78 is 16.8. The number of rotatable bonds is 49. The predicted molar refractivity (Wildman–Crippen MR) is 279 cm³/mol. The van der Waals surface area contributed by atoms with Gasteiger partial charge in [0.2, 0.25) is 0 Å². The van der Waals surface area contributed by atoms with Gasteiger partial charge in [0.1, 0.15) is 13.2 Å². The fourth-order valence-corrected chi connectivity index (χ4v) is 7.50. The summed E-state index contributed by atoms with van der Waals surface area (Å²) in [6, 6.07) is 0. The molecule has 0 aliphatic carbocycles. The van der Waals surface area contributed by atoms with E-state index in [1.807, 2.05) is 0 Å². The van der Waals surface area contributed by atoms with E-state index in [0.29, 0.717) is 19.3 Å². The SMILES string of the molecule is CCCCC/C=C\CCCCCCCC(=O)OCC(COC(=O)CCCCCCC/C=C\C=C/CCCCCCCCC)OC(=O)CCC/C=C\C/C=C\C/C=C\CCCCCCCC. The molecule has 0 aromatic carbocycles. The van der Waals surface area contributed by atoms with Crippen LogP contribution in [0.15, 0.2) is 72.9 Å². The Bertz CT molecular complexity index is 1230. The molecule has 6 heteroatoms. The lowest BCUT2D eigenvalue weighted by atomic mass is 10.1. The van der Waals surface area contributed by atoms with Crippen molar-refractivity contribution in [2.24, 2.45) is 0 Å². The second-order valence-corrected chi connectivity index (χ2v) is 18.2. The zero-order valence-electron chi connectivity index (χ0n) is 42.7. The summed E-state index contributed by atoms with van der Waals surface area (Å²) in [7, 11) is 0. The molecule has 0 heterocycles. The second kappa shape index (κ2) is 53.5. The normalized spacial score (nSPS) is 12.6. The smallest absolute Gasteiger partial charge is 0.306 e. The summed E-state index contributed by atoms with van der Waals surface area (Å²) in [5.41, 5.74) is 0. The molecule has 1 unspecified atom stereocenters. The molecule has 0 amide bonds. The third-order valence-electron chi connectivity index (χ3n) is 11.7. The van der Waals surface area contributed by atoms with Gasteiger partial charge in [-0.1, -0.05) is 216 Å². The quantitative estimate of drug-likeness (QED) is 0.0199. The first-order chi connectivity index (χ1) is 32.0. The molecule has 65 heavy (non-hydrogen) atoms. The van der Waals surface area contributed by atoms with Gasteiger partial charge in [-0.3, -0.25) is 14.4 Å². The number of carbonyl (C=O) groups is 3. The van der Waals surface area contributed by atoms with Crippen LogP contribution in [0.25, 0.3) is 0 Å². The van der Waals surface area contributed by atoms with Crippen LogP contribution in [0.2, 0.25) is 0 Å². The van der Waals surface area contributed by atoms with Crippen LogP contribution in [-0.2, 0) is 28.6 Å². The fourth-order valence-electron chi connectivity index (χ4n) is 7.50. The maximum absolute atomic E-state index is 12.8. The van der Waals surface area contributed by atoms with Crippen LogP contribution in [0.1, 0.15) is 265 Å². The average Bonchev–Trinajstić information content (AvgIpc) is 3.30. The maximum Gasteiger partial charge on any atom is 0.306 e. The summed E-state index contributed by atoms with van der Waals surface area (Å²) in [4.78, 5) is 38.0. The largest absolute Gasteiger partial charge is 0.462 e. The molecule has 0 aromatic heterocycles. The van der Waals surface area contributed by atoms with Crippen LogP contribution in [0, 0.1) is 0 Å². The van der Waals surface area contributed by atoms with Gasteiger partial charge in [-0.25, -0.2) is 0 Å². The number of esters is 3. The number of ether oxygens (including phenoxy) is 3. The van der Waals surface area contributed by atoms with Crippen molar-refractivity contribution >= 4 is 17.9 Å². The second-order valence-electron chi connectivity index (χ2n) is 18.2. The monoisotopic (exact) mass is 907 g/mol. The summed E-state index contributed by atoms with van der Waals surface area (Å²) in [6.45, 7) is 6.55. The molecule has 0 bridgehead atoms. The van der Waals surface area contributed by atoms with Crippen molar-refractivity contribution in [2.75, 3.05) is 13.2 Å². The molecule has 0 saturated heterocycles. The fraction of sp³-hybridized carbons (Fsp3) is 0.746. The van der Waals surface area contributed by atoms with Gasteiger partial charge in [0.25, 0.3) is 0 Å². The van der Waals surface area contributed by atoms with Gasteiger partial charge in [-0.15, -0.1) is 0 Å². The summed E-state index contributed by atoms with van der Waals surface area (Å²) in [6.07, 6.45) is 67.5. The standard InChI is InChI=1S/C59H102O6/c1-4-7-10-13-16-19-22-25-27-29-31-32-34-37-40-43-46-49-52-58(61)64-55-56(54-63-57(60)51-48-45-42-39-36-24-21-18-15-12-9-6-3)65-59(62)53-50-47-44-41-38-35-33-30-28-26-23-20-17-14-11-8-5-2/h18,21,26-29,31-33,35,41,44,56H,4-17,19-20,22-25,30,34,36-40,42-43,45-55H2,1-3H3/b21-18-,28-26-,29-27-,32-31-,35-33-,44-41-. The Morgan fingerprint density at radius 1 is 0.323 bits per heavy atom. The van der Waals surface area contributed by atoms with Crippen LogP contribution < -0.4 is 0 Å². The van der Waals surface area contributed by atoms with Crippen molar-refractivity contribution in [3.8, 4) is 0 Å². The third kappa shape index (κ3) is 51.7. The predicted octanol–water partition coefficient (Wildman–Crippen LogP) is 18.2. The highest BCUT2D eigenvalue weighted by molar-refractivity contribution is 5.71. The van der Waals surface area contributed by atoms with E-state index in [2.05, 4.69) is 93.7 Å². The van der Waals surface area contributed by atoms with Crippen molar-refractivity contribution in [3.05, 3.63) is 72.9 Å². The molecular formula is C59H102O6. The first-order valence-electron chi connectivity index (χ1n) is 27.5. The molecule has 1 atom stereocenters. The van der Waals surface area contributed by atoms with Crippen molar-refractivity contribution < 1.29 is 28.6 Å². The highest BCUT2D eigenvalue weighted by atomic mass is 16.6. The molecule has 0 fully saturated rings. The number of unbranched alkanes of at least 4 members (excludes halogenated alkanes) is 27. The highest BCUT2D eigenvalue weighted by Crippen LogP contribution is 2.13. The van der Waals surface area contributed by atoms with Crippen molar-refractivity contribution in [1.82, 2.24) is 0 Å². The van der Waals surface area contributed by atoms with Crippen LogP contribution >= 0.6 is 0 Å². The number of hydrogen-bond acceptors (Lipinski definition) is 6. The van der Waals surface area contributed by atoms with Gasteiger partial charge in [0, 0.05) is 19.3 Å². The Kier molecular flexibility index (Phi) is 50.9. The number of carbonyl (C=O) groups excluding carboxylic acids is 3. The van der Waals surface area contributed by atoms with Crippen LogP contribution in [0.4, 0.5) is 0 Å². The third-order valence-corrected chi connectivity index (χ3v) is 11.7. The van der Waals surface area contributed by atoms with Gasteiger partial charge in [-0.05, 0) is 103 Å². The van der Waals surface area contributed by atoms with Gasteiger partial charge in [-0.2, -0.15) is 0 Å². The zero-order valence-corrected chi connectivity index (χ0v) is 42.7. The first-order valence-corrected chi connectivity index (χ1v) is 27.5. The van der Waals surface area contributed by atoms with E-state index in [1.165, 1.54) is 128 Å². The number of allylic oxidation sites excluding steroid dienone is 12. The van der Waals surface area contributed by atoms with E-state index in [4.69, 9.17) is 14.2 Å². The molecule has 6 nitrogen and oxygen atoms in total. The first kappa shape index (κ1) is 61.9. The Labute approximate surface area is 402 Å². The summed E-state index contributed by atoms with van der Waals surface area (Å²) >= 11 is 0. The Morgan fingerprint density at radius 2 is 0.615 bits per heavy atom. The van der Waals surface area contributed by atoms with Crippen LogP contribution in [0.3, 0.4) is 0 Å². The lowest BCUT2D eigenvalue weighted by Crippen LogP contribution is -2.30. The van der Waals surface area contributed by atoms with Gasteiger partial charge < -0.3 is 14.2 Å². The van der Waals surface area contributed by atoms with E-state index in [-0.39, 0.29) is 37.5 Å². The minimum absolute atomic E-state index is 0.105. The molecule has 0 spiro atoms. The molecule has 0 aliphatic rings. The topological polar surface area (TPSA) is 78.9 Å². The molecule has 0 aliphatic heterocycles. The lowest BCUT2D eigenvalue weighted by Gasteiger charge is -2.18. The molecule has 0 aromatic rings.